The van der Waals surface area contributed by atoms with E-state index in [0.29, 0.717) is 6.42 Å². The molecule has 2 aliphatic heterocycles. The molecule has 0 spiro atoms. The summed E-state index contributed by atoms with van der Waals surface area (Å²) >= 11 is 0. The van der Waals surface area contributed by atoms with Gasteiger partial charge in [-0.3, -0.25) is 9.91 Å². The maximum atomic E-state index is 13.2. The predicted octanol–water partition coefficient (Wildman–Crippen LogP) is 2.23. The van der Waals surface area contributed by atoms with Gasteiger partial charge < -0.3 is 0 Å². The predicted molar refractivity (Wildman–Crippen MR) is 58.0 cm³/mol. The Labute approximate surface area is 94.1 Å². The maximum absolute atomic E-state index is 13.2. The summed E-state index contributed by atoms with van der Waals surface area (Å²) in [5, 5.41) is 10.1. The topological polar surface area (TPSA) is 31.2 Å². The average Bonchev–Trinajstić information content (AvgIpc) is 2.90. The first-order valence-corrected chi connectivity index (χ1v) is 5.80. The number of likely N-dealkylation sites (tertiary alicyclic amines) is 1. The van der Waals surface area contributed by atoms with Crippen molar-refractivity contribution in [2.24, 2.45) is 10.3 Å². The van der Waals surface area contributed by atoms with Crippen LogP contribution in [0.5, 0.6) is 0 Å². The van der Waals surface area contributed by atoms with E-state index in [4.69, 9.17) is 0 Å². The van der Waals surface area contributed by atoms with Gasteiger partial charge in [-0.05, 0) is 38.1 Å². The van der Waals surface area contributed by atoms with Gasteiger partial charge in [-0.1, -0.05) is 5.22 Å². The molecule has 0 aromatic heterocycles. The summed E-state index contributed by atoms with van der Waals surface area (Å²) in [7, 11) is 0. The molecule has 16 heavy (non-hydrogen) atoms. The van der Waals surface area contributed by atoms with E-state index in [9.17, 15) is 4.39 Å². The first kappa shape index (κ1) is 9.96. The van der Waals surface area contributed by atoms with Crippen molar-refractivity contribution in [1.82, 2.24) is 9.91 Å². The van der Waals surface area contributed by atoms with E-state index in [0.717, 1.165) is 25.5 Å². The van der Waals surface area contributed by atoms with Gasteiger partial charge in [-0.15, -0.1) is 5.11 Å². The van der Waals surface area contributed by atoms with Crippen LogP contribution in [0.2, 0.25) is 0 Å². The zero-order valence-corrected chi connectivity index (χ0v) is 9.14. The molecule has 0 aromatic rings. The fraction of sp³-hybridized carbons (Fsp3) is 0.636. The summed E-state index contributed by atoms with van der Waals surface area (Å²) in [6, 6.07) is 0.0191. The fourth-order valence-electron chi connectivity index (χ4n) is 2.43. The second-order valence-corrected chi connectivity index (χ2v) is 4.52. The lowest BCUT2D eigenvalue weighted by atomic mass is 10.0. The van der Waals surface area contributed by atoms with Crippen molar-refractivity contribution in [3.63, 3.8) is 0 Å². The quantitative estimate of drug-likeness (QED) is 0.717. The minimum absolute atomic E-state index is 0.0191. The van der Waals surface area contributed by atoms with Gasteiger partial charge >= 0.3 is 0 Å². The lowest BCUT2D eigenvalue weighted by Crippen LogP contribution is -2.38. The van der Waals surface area contributed by atoms with Crippen LogP contribution in [0.15, 0.2) is 34.0 Å². The van der Waals surface area contributed by atoms with Crippen LogP contribution in [0.3, 0.4) is 0 Å². The first-order chi connectivity index (χ1) is 7.83. The third-order valence-electron chi connectivity index (χ3n) is 3.34. The van der Waals surface area contributed by atoms with E-state index < -0.39 is 0 Å². The molecule has 1 fully saturated rings. The van der Waals surface area contributed by atoms with Crippen LogP contribution in [0.4, 0.5) is 4.39 Å². The molecule has 1 atom stereocenters. The van der Waals surface area contributed by atoms with Crippen molar-refractivity contribution in [2.45, 2.75) is 25.3 Å². The molecule has 1 aliphatic carbocycles. The SMILES string of the molecule is FC1=CC=C2N=NN(CN3CCCC3)C2C1. The largest absolute Gasteiger partial charge is 0.285 e. The molecule has 0 saturated carbocycles. The highest BCUT2D eigenvalue weighted by Gasteiger charge is 2.31. The Morgan fingerprint density at radius 1 is 1.31 bits per heavy atom. The Kier molecular flexibility index (Phi) is 2.47. The molecule has 86 valence electrons. The number of fused-ring (bicyclic) bond motifs is 1. The van der Waals surface area contributed by atoms with E-state index in [1.54, 1.807) is 6.08 Å². The lowest BCUT2D eigenvalue weighted by molar-refractivity contribution is 0.133. The summed E-state index contributed by atoms with van der Waals surface area (Å²) in [5.41, 5.74) is 0.889. The summed E-state index contributed by atoms with van der Waals surface area (Å²) in [5.74, 6) is -0.0764. The highest BCUT2D eigenvalue weighted by atomic mass is 19.1. The molecule has 3 aliphatic rings. The zero-order chi connectivity index (χ0) is 11.0. The van der Waals surface area contributed by atoms with Crippen LogP contribution in [0, 0.1) is 0 Å². The number of nitrogens with zero attached hydrogens (tertiary/aromatic N) is 4. The summed E-state index contributed by atoms with van der Waals surface area (Å²) in [6.07, 6.45) is 6.15. The van der Waals surface area contributed by atoms with Crippen LogP contribution in [0.1, 0.15) is 19.3 Å². The van der Waals surface area contributed by atoms with Gasteiger partial charge in [0.25, 0.3) is 0 Å². The summed E-state index contributed by atoms with van der Waals surface area (Å²) in [4.78, 5) is 2.35. The highest BCUT2D eigenvalue weighted by molar-refractivity contribution is 5.26. The number of hydrogen-bond acceptors (Lipinski definition) is 4. The molecule has 0 aromatic carbocycles. The van der Waals surface area contributed by atoms with E-state index in [1.165, 1.54) is 18.9 Å². The van der Waals surface area contributed by atoms with Crippen molar-refractivity contribution >= 4 is 0 Å². The van der Waals surface area contributed by atoms with Gasteiger partial charge in [0.15, 0.2) is 0 Å². The molecule has 4 nitrogen and oxygen atoms in total. The molecule has 5 heteroatoms. The van der Waals surface area contributed by atoms with E-state index in [-0.39, 0.29) is 11.9 Å². The van der Waals surface area contributed by atoms with Crippen LogP contribution in [0.25, 0.3) is 0 Å². The van der Waals surface area contributed by atoms with Crippen LogP contribution in [-0.2, 0) is 0 Å². The minimum atomic E-state index is -0.0764. The number of hydrogen-bond donors (Lipinski definition) is 0. The molecule has 0 N–H and O–H groups in total. The van der Waals surface area contributed by atoms with Gasteiger partial charge in [-0.2, -0.15) is 0 Å². The monoisotopic (exact) mass is 222 g/mol. The van der Waals surface area contributed by atoms with Crippen molar-refractivity contribution in [2.75, 3.05) is 19.8 Å². The van der Waals surface area contributed by atoms with E-state index >= 15 is 0 Å². The smallest absolute Gasteiger partial charge is 0.103 e. The fourth-order valence-corrected chi connectivity index (χ4v) is 2.43. The molecule has 0 amide bonds. The lowest BCUT2D eigenvalue weighted by Gasteiger charge is -2.27. The molecule has 3 rings (SSSR count). The summed E-state index contributed by atoms with van der Waals surface area (Å²) < 4.78 is 13.2. The van der Waals surface area contributed by atoms with Crippen LogP contribution in [-0.4, -0.2) is 35.7 Å². The van der Waals surface area contributed by atoms with Crippen molar-refractivity contribution in [3.05, 3.63) is 23.7 Å². The Morgan fingerprint density at radius 2 is 2.12 bits per heavy atom. The second-order valence-electron chi connectivity index (χ2n) is 4.52. The van der Waals surface area contributed by atoms with Gasteiger partial charge in [0.05, 0.1) is 12.4 Å². The van der Waals surface area contributed by atoms with Crippen LogP contribution < -0.4 is 0 Å². The Hall–Kier alpha value is -1.23. The van der Waals surface area contributed by atoms with Gasteiger partial charge in [0.2, 0.25) is 0 Å². The Balaban J connectivity index is 1.67. The normalized spacial score (nSPS) is 29.3. The molecular formula is C11H15FN4. The Morgan fingerprint density at radius 3 is 2.94 bits per heavy atom. The van der Waals surface area contributed by atoms with Crippen LogP contribution >= 0.6 is 0 Å². The number of rotatable bonds is 2. The first-order valence-electron chi connectivity index (χ1n) is 5.80. The molecular weight excluding hydrogens is 207 g/mol. The van der Waals surface area contributed by atoms with E-state index in [1.807, 2.05) is 5.01 Å². The second kappa shape index (κ2) is 3.97. The van der Waals surface area contributed by atoms with Gasteiger partial charge in [-0.25, -0.2) is 4.39 Å². The molecule has 1 saturated heterocycles. The van der Waals surface area contributed by atoms with Crippen molar-refractivity contribution < 1.29 is 4.39 Å². The molecule has 0 radical (unpaired) electrons. The summed E-state index contributed by atoms with van der Waals surface area (Å²) in [6.45, 7) is 3.02. The number of allylic oxidation sites excluding steroid dienone is 2. The maximum Gasteiger partial charge on any atom is 0.103 e. The number of halogens is 1. The van der Waals surface area contributed by atoms with Crippen molar-refractivity contribution in [1.29, 1.82) is 0 Å². The van der Waals surface area contributed by atoms with Gasteiger partial charge in [0, 0.05) is 6.42 Å². The van der Waals surface area contributed by atoms with Gasteiger partial charge in [0.1, 0.15) is 11.9 Å². The molecule has 0 bridgehead atoms. The molecule has 2 heterocycles. The third-order valence-corrected chi connectivity index (χ3v) is 3.34. The molecule has 1 unspecified atom stereocenters. The van der Waals surface area contributed by atoms with Crippen molar-refractivity contribution in [3.8, 4) is 0 Å². The average molecular weight is 222 g/mol. The highest BCUT2D eigenvalue weighted by Crippen LogP contribution is 2.31. The minimum Gasteiger partial charge on any atom is -0.285 e. The zero-order valence-electron chi connectivity index (χ0n) is 9.14. The third kappa shape index (κ3) is 1.75. The Bertz CT molecular complexity index is 368. The standard InChI is InChI=1S/C11H15FN4/c12-9-3-4-10-11(7-9)16(14-13-10)8-15-5-1-2-6-15/h3-4,11H,1-2,5-8H2. The van der Waals surface area contributed by atoms with E-state index in [2.05, 4.69) is 15.2 Å².